The van der Waals surface area contributed by atoms with Gasteiger partial charge in [0.15, 0.2) is 5.82 Å². The standard InChI is InChI=1S/C12H20N4O3/c1-16(8-10(17)14-6-7-18-2)12-9(13)4-5-11(15-12)19-3/h4-5H,6-8,13H2,1-3H3,(H,14,17). The zero-order chi connectivity index (χ0) is 14.3. The van der Waals surface area contributed by atoms with Crippen LogP contribution in [-0.4, -0.2) is 51.9 Å². The summed E-state index contributed by atoms with van der Waals surface area (Å²) in [5, 5.41) is 2.73. The van der Waals surface area contributed by atoms with E-state index < -0.39 is 0 Å². The van der Waals surface area contributed by atoms with Crippen molar-refractivity contribution < 1.29 is 14.3 Å². The number of ether oxygens (including phenoxy) is 2. The molecule has 0 aliphatic carbocycles. The van der Waals surface area contributed by atoms with E-state index in [1.54, 1.807) is 31.2 Å². The highest BCUT2D eigenvalue weighted by Crippen LogP contribution is 2.22. The van der Waals surface area contributed by atoms with Crippen LogP contribution in [-0.2, 0) is 9.53 Å². The number of nitrogens with two attached hydrogens (primary N) is 1. The summed E-state index contributed by atoms with van der Waals surface area (Å²) < 4.78 is 9.89. The highest BCUT2D eigenvalue weighted by Gasteiger charge is 2.12. The fraction of sp³-hybridized carbons (Fsp3) is 0.500. The number of rotatable bonds is 7. The molecule has 0 saturated heterocycles. The summed E-state index contributed by atoms with van der Waals surface area (Å²) in [6.45, 7) is 1.12. The van der Waals surface area contributed by atoms with E-state index in [-0.39, 0.29) is 12.5 Å². The first-order valence-electron chi connectivity index (χ1n) is 5.85. The number of likely N-dealkylation sites (N-methyl/N-ethyl adjacent to an activating group) is 1. The predicted molar refractivity (Wildman–Crippen MR) is 73.4 cm³/mol. The summed E-state index contributed by atoms with van der Waals surface area (Å²) in [5.74, 6) is 0.848. The second-order valence-electron chi connectivity index (χ2n) is 3.97. The maximum Gasteiger partial charge on any atom is 0.239 e. The minimum absolute atomic E-state index is 0.122. The lowest BCUT2D eigenvalue weighted by Crippen LogP contribution is -2.37. The fourth-order valence-corrected chi connectivity index (χ4v) is 1.50. The number of carbonyl (C=O) groups excluding carboxylic acids is 1. The maximum atomic E-state index is 11.7. The van der Waals surface area contributed by atoms with E-state index in [1.807, 2.05) is 0 Å². The lowest BCUT2D eigenvalue weighted by molar-refractivity contribution is -0.119. The van der Waals surface area contributed by atoms with E-state index in [1.165, 1.54) is 7.11 Å². The number of hydrogen-bond donors (Lipinski definition) is 2. The van der Waals surface area contributed by atoms with Crippen LogP contribution in [0, 0.1) is 0 Å². The number of nitrogens with zero attached hydrogens (tertiary/aromatic N) is 2. The molecule has 1 amide bonds. The molecule has 0 saturated carbocycles. The Morgan fingerprint density at radius 2 is 2.21 bits per heavy atom. The van der Waals surface area contributed by atoms with Crippen molar-refractivity contribution in [3.8, 4) is 5.88 Å². The molecule has 1 aromatic rings. The van der Waals surface area contributed by atoms with E-state index >= 15 is 0 Å². The van der Waals surface area contributed by atoms with Crippen LogP contribution in [0.15, 0.2) is 12.1 Å². The van der Waals surface area contributed by atoms with Crippen molar-refractivity contribution in [1.82, 2.24) is 10.3 Å². The summed E-state index contributed by atoms with van der Waals surface area (Å²) in [4.78, 5) is 17.5. The Labute approximate surface area is 112 Å². The lowest BCUT2D eigenvalue weighted by atomic mass is 10.3. The van der Waals surface area contributed by atoms with Gasteiger partial charge in [0.05, 0.1) is 25.9 Å². The molecule has 0 fully saturated rings. The third kappa shape index (κ3) is 4.63. The second kappa shape index (κ2) is 7.42. The molecule has 19 heavy (non-hydrogen) atoms. The molecule has 0 aliphatic heterocycles. The highest BCUT2D eigenvalue weighted by molar-refractivity contribution is 5.82. The lowest BCUT2D eigenvalue weighted by Gasteiger charge is -2.19. The van der Waals surface area contributed by atoms with E-state index in [2.05, 4.69) is 10.3 Å². The molecular weight excluding hydrogens is 248 g/mol. The van der Waals surface area contributed by atoms with Crippen molar-refractivity contribution in [2.75, 3.05) is 51.6 Å². The monoisotopic (exact) mass is 268 g/mol. The van der Waals surface area contributed by atoms with Gasteiger partial charge in [-0.25, -0.2) is 0 Å². The highest BCUT2D eigenvalue weighted by atomic mass is 16.5. The molecule has 0 aliphatic rings. The molecule has 7 heteroatoms. The van der Waals surface area contributed by atoms with Crippen molar-refractivity contribution in [1.29, 1.82) is 0 Å². The van der Waals surface area contributed by atoms with Gasteiger partial charge < -0.3 is 25.4 Å². The number of anilines is 2. The number of aromatic nitrogens is 1. The Balaban J connectivity index is 2.61. The van der Waals surface area contributed by atoms with Crippen LogP contribution < -0.4 is 20.7 Å². The van der Waals surface area contributed by atoms with Crippen molar-refractivity contribution in [2.24, 2.45) is 0 Å². The van der Waals surface area contributed by atoms with Gasteiger partial charge in [-0.05, 0) is 6.07 Å². The van der Waals surface area contributed by atoms with Crippen molar-refractivity contribution in [2.45, 2.75) is 0 Å². The largest absolute Gasteiger partial charge is 0.481 e. The summed E-state index contributed by atoms with van der Waals surface area (Å²) in [7, 11) is 4.85. The number of hydrogen-bond acceptors (Lipinski definition) is 6. The van der Waals surface area contributed by atoms with Crippen LogP contribution in [0.2, 0.25) is 0 Å². The van der Waals surface area contributed by atoms with E-state index in [4.69, 9.17) is 15.2 Å². The first-order chi connectivity index (χ1) is 9.08. The van der Waals surface area contributed by atoms with Gasteiger partial charge in [-0.15, -0.1) is 0 Å². The van der Waals surface area contributed by atoms with Gasteiger partial charge in [0, 0.05) is 26.8 Å². The smallest absolute Gasteiger partial charge is 0.239 e. The van der Waals surface area contributed by atoms with Crippen LogP contribution in [0.4, 0.5) is 11.5 Å². The van der Waals surface area contributed by atoms with Gasteiger partial charge in [0.1, 0.15) is 0 Å². The van der Waals surface area contributed by atoms with Gasteiger partial charge >= 0.3 is 0 Å². The number of carbonyl (C=O) groups is 1. The first-order valence-corrected chi connectivity index (χ1v) is 5.85. The first kappa shape index (κ1) is 15.0. The number of pyridine rings is 1. The molecule has 1 aromatic heterocycles. The fourth-order valence-electron chi connectivity index (χ4n) is 1.50. The summed E-state index contributed by atoms with van der Waals surface area (Å²) in [5.41, 5.74) is 6.32. The quantitative estimate of drug-likeness (QED) is 0.670. The Bertz CT molecular complexity index is 425. The Hall–Kier alpha value is -2.02. The molecule has 106 valence electrons. The number of nitrogen functional groups attached to an aromatic ring is 1. The molecule has 1 heterocycles. The third-order valence-corrected chi connectivity index (χ3v) is 2.46. The minimum atomic E-state index is -0.122. The molecule has 0 atom stereocenters. The van der Waals surface area contributed by atoms with Gasteiger partial charge in [-0.1, -0.05) is 0 Å². The number of methoxy groups -OCH3 is 2. The van der Waals surface area contributed by atoms with Crippen molar-refractivity contribution in [3.63, 3.8) is 0 Å². The summed E-state index contributed by atoms with van der Waals surface area (Å²) in [6.07, 6.45) is 0. The molecule has 0 unspecified atom stereocenters. The van der Waals surface area contributed by atoms with Crippen molar-refractivity contribution in [3.05, 3.63) is 12.1 Å². The molecule has 0 aromatic carbocycles. The van der Waals surface area contributed by atoms with Crippen molar-refractivity contribution >= 4 is 17.4 Å². The third-order valence-electron chi connectivity index (χ3n) is 2.46. The van der Waals surface area contributed by atoms with Gasteiger partial charge in [0.2, 0.25) is 11.8 Å². The van der Waals surface area contributed by atoms with E-state index in [0.29, 0.717) is 30.5 Å². The normalized spacial score (nSPS) is 10.1. The SMILES string of the molecule is COCCNC(=O)CN(C)c1nc(OC)ccc1N. The summed E-state index contributed by atoms with van der Waals surface area (Å²) in [6, 6.07) is 3.37. The van der Waals surface area contributed by atoms with Gasteiger partial charge in [0.25, 0.3) is 0 Å². The average Bonchev–Trinajstić information content (AvgIpc) is 2.39. The number of amides is 1. The molecule has 0 bridgehead atoms. The molecule has 0 spiro atoms. The predicted octanol–water partition coefficient (Wildman–Crippen LogP) is -0.129. The second-order valence-corrected chi connectivity index (χ2v) is 3.97. The maximum absolute atomic E-state index is 11.7. The minimum Gasteiger partial charge on any atom is -0.481 e. The molecule has 7 nitrogen and oxygen atoms in total. The molecule has 1 rings (SSSR count). The molecular formula is C12H20N4O3. The molecule has 0 radical (unpaired) electrons. The van der Waals surface area contributed by atoms with Crippen LogP contribution in [0.1, 0.15) is 0 Å². The van der Waals surface area contributed by atoms with Crippen LogP contribution >= 0.6 is 0 Å². The summed E-state index contributed by atoms with van der Waals surface area (Å²) >= 11 is 0. The average molecular weight is 268 g/mol. The zero-order valence-corrected chi connectivity index (χ0v) is 11.5. The van der Waals surface area contributed by atoms with Gasteiger partial charge in [-0.2, -0.15) is 4.98 Å². The Morgan fingerprint density at radius 3 is 2.84 bits per heavy atom. The van der Waals surface area contributed by atoms with Gasteiger partial charge in [-0.3, -0.25) is 4.79 Å². The zero-order valence-electron chi connectivity index (χ0n) is 11.5. The van der Waals surface area contributed by atoms with Crippen LogP contribution in [0.5, 0.6) is 5.88 Å². The molecule has 3 N–H and O–H groups in total. The van der Waals surface area contributed by atoms with E-state index in [9.17, 15) is 4.79 Å². The Kier molecular flexibility index (Phi) is 5.87. The van der Waals surface area contributed by atoms with Crippen LogP contribution in [0.3, 0.4) is 0 Å². The van der Waals surface area contributed by atoms with E-state index in [0.717, 1.165) is 0 Å². The topological polar surface area (TPSA) is 89.7 Å². The Morgan fingerprint density at radius 1 is 1.47 bits per heavy atom. The van der Waals surface area contributed by atoms with Crippen LogP contribution in [0.25, 0.3) is 0 Å². The number of nitrogens with one attached hydrogen (secondary N) is 1.